The van der Waals surface area contributed by atoms with Gasteiger partial charge >= 0.3 is 0 Å². The van der Waals surface area contributed by atoms with E-state index in [1.54, 1.807) is 18.6 Å². The molecule has 0 aromatic carbocycles. The Hall–Kier alpha value is -1.75. The molecular formula is C18H20N3Sn. The molecule has 3 aromatic heterocycles. The zero-order valence-electron chi connectivity index (χ0n) is 13.0. The number of pyridine rings is 3. The molecule has 22 heavy (non-hydrogen) atoms. The first-order valence-corrected chi connectivity index (χ1v) is 6.56. The Bertz CT molecular complexity index is 503. The topological polar surface area (TPSA) is 38.7 Å². The molecule has 7 radical (unpaired) electrons. The molecule has 0 aliphatic heterocycles. The molecule has 0 unspecified atom stereocenters. The van der Waals surface area contributed by atoms with Crippen LogP contribution < -0.4 is 0 Å². The van der Waals surface area contributed by atoms with Crippen molar-refractivity contribution in [1.29, 1.82) is 0 Å². The van der Waals surface area contributed by atoms with E-state index in [4.69, 9.17) is 0 Å². The molecule has 0 bridgehead atoms. The molecule has 3 heterocycles. The normalized spacial score (nSPS) is 8.32. The predicted octanol–water partition coefficient (Wildman–Crippen LogP) is 3.44. The third-order valence-corrected chi connectivity index (χ3v) is 2.24. The zero-order chi connectivity index (χ0) is 15.3. The van der Waals surface area contributed by atoms with E-state index in [2.05, 4.69) is 33.5 Å². The first kappa shape index (κ1) is 20.2. The van der Waals surface area contributed by atoms with Crippen LogP contribution in [-0.2, 0) is 0 Å². The van der Waals surface area contributed by atoms with Crippen LogP contribution in [0.3, 0.4) is 0 Å². The quantitative estimate of drug-likeness (QED) is 0.546. The molecule has 3 nitrogen and oxygen atoms in total. The van der Waals surface area contributed by atoms with Crippen LogP contribution in [0.25, 0.3) is 0 Å². The third kappa shape index (κ3) is 11.0. The summed E-state index contributed by atoms with van der Waals surface area (Å²) in [6.07, 6.45) is 13.5. The number of aryl methyl sites for hydroxylation is 3. The van der Waals surface area contributed by atoms with Crippen LogP contribution in [0.1, 0.15) is 18.1 Å². The van der Waals surface area contributed by atoms with Crippen molar-refractivity contribution in [2.24, 2.45) is 0 Å². The van der Waals surface area contributed by atoms with Gasteiger partial charge in [-0.25, -0.2) is 0 Å². The van der Waals surface area contributed by atoms with Gasteiger partial charge in [0.1, 0.15) is 0 Å². The van der Waals surface area contributed by atoms with Gasteiger partial charge in [-0.1, -0.05) is 18.2 Å². The molecule has 0 N–H and O–H groups in total. The van der Waals surface area contributed by atoms with Gasteiger partial charge in [-0.3, -0.25) is 15.0 Å². The van der Waals surface area contributed by atoms with Gasteiger partial charge in [0.05, 0.1) is 18.6 Å². The fraction of sp³-hybridized carbons (Fsp3) is 0.167. The Kier molecular flexibility index (Phi) is 11.9. The molecule has 0 atom stereocenters. The fourth-order valence-electron chi connectivity index (χ4n) is 1.22. The minimum Gasteiger partial charge on any atom is -0.254 e. The van der Waals surface area contributed by atoms with Crippen molar-refractivity contribution in [1.82, 2.24) is 15.0 Å². The minimum absolute atomic E-state index is 0. The summed E-state index contributed by atoms with van der Waals surface area (Å²) in [6.45, 7) is 5.90. The van der Waals surface area contributed by atoms with Crippen molar-refractivity contribution in [3.8, 4) is 0 Å². The fourth-order valence-corrected chi connectivity index (χ4v) is 1.22. The number of nitrogens with zero attached hydrogens (tertiary/aromatic N) is 3. The molecule has 0 amide bonds. The smallest absolute Gasteiger partial charge is 0.0917 e. The SMILES string of the molecule is Cc1[c]nccc1.Cc1[c]nccc1.Cc1[c]nccc1.[HH].[Sn]. The summed E-state index contributed by atoms with van der Waals surface area (Å²) in [4.78, 5) is 11.3. The van der Waals surface area contributed by atoms with Crippen LogP contribution in [0.2, 0.25) is 0 Å². The Labute approximate surface area is 151 Å². The van der Waals surface area contributed by atoms with Gasteiger partial charge in [-0.2, -0.15) is 0 Å². The second-order valence-corrected chi connectivity index (χ2v) is 4.30. The van der Waals surface area contributed by atoms with Crippen molar-refractivity contribution in [3.63, 3.8) is 0 Å². The first-order chi connectivity index (χ1) is 10.2. The van der Waals surface area contributed by atoms with E-state index in [9.17, 15) is 0 Å². The molecule has 111 valence electrons. The van der Waals surface area contributed by atoms with Crippen LogP contribution in [0.15, 0.2) is 55.0 Å². The summed E-state index contributed by atoms with van der Waals surface area (Å²) in [5, 5.41) is 0. The number of aromatic nitrogens is 3. The van der Waals surface area contributed by atoms with Gasteiger partial charge in [0.25, 0.3) is 0 Å². The van der Waals surface area contributed by atoms with Crippen LogP contribution in [0.5, 0.6) is 0 Å². The van der Waals surface area contributed by atoms with Crippen LogP contribution in [-0.4, -0.2) is 38.9 Å². The second-order valence-electron chi connectivity index (χ2n) is 4.30. The number of hydrogen-bond acceptors (Lipinski definition) is 3. The summed E-state index contributed by atoms with van der Waals surface area (Å²) in [5.41, 5.74) is 3.26. The Morgan fingerprint density at radius 1 is 0.636 bits per heavy atom. The maximum absolute atomic E-state index is 3.76. The Morgan fingerprint density at radius 3 is 1.00 bits per heavy atom. The average molecular weight is 397 g/mol. The molecule has 3 aromatic rings. The molecule has 0 saturated carbocycles. The van der Waals surface area contributed by atoms with Gasteiger partial charge in [0.2, 0.25) is 0 Å². The van der Waals surface area contributed by atoms with Gasteiger partial charge in [-0.15, -0.1) is 0 Å². The molecule has 0 aliphatic rings. The monoisotopic (exact) mass is 398 g/mol. The Morgan fingerprint density at radius 2 is 0.909 bits per heavy atom. The third-order valence-electron chi connectivity index (χ3n) is 2.24. The van der Waals surface area contributed by atoms with E-state index in [0.717, 1.165) is 16.7 Å². The zero-order valence-corrected chi connectivity index (χ0v) is 15.9. The summed E-state index contributed by atoms with van der Waals surface area (Å²) in [6, 6.07) is 11.6. The summed E-state index contributed by atoms with van der Waals surface area (Å²) >= 11 is 0. The average Bonchev–Trinajstić information content (AvgIpc) is 2.51. The van der Waals surface area contributed by atoms with Crippen molar-refractivity contribution < 1.29 is 1.43 Å². The molecule has 0 saturated heterocycles. The molecule has 3 rings (SSSR count). The standard InChI is InChI=1S/3C6H6N.Sn.H2/c3*1-6-3-2-4-7-5-6;;/h3*2-4H,1H3;;1H. The van der Waals surface area contributed by atoms with Gasteiger partial charge in [-0.05, 0) is 55.7 Å². The van der Waals surface area contributed by atoms with Crippen LogP contribution in [0, 0.1) is 39.4 Å². The van der Waals surface area contributed by atoms with Gasteiger partial charge in [0, 0.05) is 43.9 Å². The summed E-state index contributed by atoms with van der Waals surface area (Å²) in [5.74, 6) is 0. The van der Waals surface area contributed by atoms with Crippen molar-refractivity contribution >= 4 is 23.9 Å². The van der Waals surface area contributed by atoms with Crippen LogP contribution >= 0.6 is 0 Å². The summed E-state index contributed by atoms with van der Waals surface area (Å²) in [7, 11) is 0. The number of rotatable bonds is 0. The molecular weight excluding hydrogens is 377 g/mol. The van der Waals surface area contributed by atoms with E-state index in [1.807, 2.05) is 57.2 Å². The predicted molar refractivity (Wildman–Crippen MR) is 91.3 cm³/mol. The molecule has 4 heteroatoms. The maximum atomic E-state index is 3.76. The molecule has 0 aliphatic carbocycles. The summed E-state index contributed by atoms with van der Waals surface area (Å²) < 4.78 is 0. The van der Waals surface area contributed by atoms with Crippen molar-refractivity contribution in [2.45, 2.75) is 20.8 Å². The molecule has 0 spiro atoms. The van der Waals surface area contributed by atoms with Gasteiger partial charge in [0.15, 0.2) is 0 Å². The minimum atomic E-state index is 0. The van der Waals surface area contributed by atoms with E-state index >= 15 is 0 Å². The first-order valence-electron chi connectivity index (χ1n) is 6.56. The van der Waals surface area contributed by atoms with E-state index in [-0.39, 0.29) is 25.3 Å². The van der Waals surface area contributed by atoms with Gasteiger partial charge < -0.3 is 0 Å². The van der Waals surface area contributed by atoms with Crippen molar-refractivity contribution in [2.75, 3.05) is 0 Å². The second kappa shape index (κ2) is 12.9. The maximum Gasteiger partial charge on any atom is 0.0917 e. The van der Waals surface area contributed by atoms with E-state index < -0.39 is 0 Å². The van der Waals surface area contributed by atoms with E-state index in [1.165, 1.54) is 0 Å². The molecule has 0 fully saturated rings. The van der Waals surface area contributed by atoms with E-state index in [0.29, 0.717) is 0 Å². The van der Waals surface area contributed by atoms with Crippen LogP contribution in [0.4, 0.5) is 0 Å². The number of hydrogen-bond donors (Lipinski definition) is 0. The Balaban J connectivity index is 0. The van der Waals surface area contributed by atoms with Crippen molar-refractivity contribution in [3.05, 3.63) is 90.3 Å². The largest absolute Gasteiger partial charge is 0.254 e.